The van der Waals surface area contributed by atoms with Gasteiger partial charge >= 0.3 is 0 Å². The minimum atomic E-state index is -3.74. The standard InChI is InChI=1S/C16H22ClNO3S/c1-5-8-18(9-6-2)22(19,20)16-12-14(17)13(4)11-15(16)21-10-7-3/h5-6,11-12H,1-2,7-10H2,3-4H3. The molecule has 22 heavy (non-hydrogen) atoms. The average molecular weight is 344 g/mol. The quantitative estimate of drug-likeness (QED) is 0.641. The third kappa shape index (κ3) is 4.35. The second kappa shape index (κ2) is 8.36. The molecule has 0 bridgehead atoms. The Morgan fingerprint density at radius 2 is 1.86 bits per heavy atom. The lowest BCUT2D eigenvalue weighted by Crippen LogP contribution is -2.31. The molecule has 0 N–H and O–H groups in total. The predicted octanol–water partition coefficient (Wildman–Crippen LogP) is 3.80. The SMILES string of the molecule is C=CCN(CC=C)S(=O)(=O)c1cc(Cl)c(C)cc1OCCC. The maximum atomic E-state index is 12.9. The number of aryl methyl sites for hydroxylation is 1. The molecule has 0 saturated heterocycles. The van der Waals surface area contributed by atoms with Crippen molar-refractivity contribution in [2.45, 2.75) is 25.2 Å². The molecular weight excluding hydrogens is 322 g/mol. The molecule has 0 fully saturated rings. The molecule has 0 saturated carbocycles. The Hall–Kier alpha value is -1.30. The number of rotatable bonds is 9. The summed E-state index contributed by atoms with van der Waals surface area (Å²) in [6, 6.07) is 3.10. The van der Waals surface area contributed by atoms with E-state index in [-0.39, 0.29) is 18.0 Å². The first-order chi connectivity index (χ1) is 10.4. The van der Waals surface area contributed by atoms with Gasteiger partial charge in [0.2, 0.25) is 10.0 Å². The second-order valence-corrected chi connectivity index (χ2v) is 7.11. The van der Waals surface area contributed by atoms with Gasteiger partial charge in [-0.05, 0) is 31.0 Å². The van der Waals surface area contributed by atoms with Crippen molar-refractivity contribution in [1.82, 2.24) is 4.31 Å². The molecule has 0 heterocycles. The highest BCUT2D eigenvalue weighted by Gasteiger charge is 2.27. The van der Waals surface area contributed by atoms with E-state index < -0.39 is 10.0 Å². The van der Waals surface area contributed by atoms with Crippen molar-refractivity contribution >= 4 is 21.6 Å². The van der Waals surface area contributed by atoms with Gasteiger partial charge in [0.1, 0.15) is 10.6 Å². The zero-order valence-electron chi connectivity index (χ0n) is 13.0. The molecular formula is C16H22ClNO3S. The number of benzene rings is 1. The van der Waals surface area contributed by atoms with Crippen LogP contribution < -0.4 is 4.74 Å². The zero-order chi connectivity index (χ0) is 16.8. The molecule has 1 rings (SSSR count). The molecule has 0 aliphatic rings. The van der Waals surface area contributed by atoms with Crippen LogP contribution in [0.2, 0.25) is 5.02 Å². The molecule has 0 amide bonds. The summed E-state index contributed by atoms with van der Waals surface area (Å²) < 4.78 is 32.6. The van der Waals surface area contributed by atoms with Crippen LogP contribution in [-0.2, 0) is 10.0 Å². The van der Waals surface area contributed by atoms with Crippen molar-refractivity contribution in [2.75, 3.05) is 19.7 Å². The molecule has 6 heteroatoms. The fourth-order valence-electron chi connectivity index (χ4n) is 1.86. The van der Waals surface area contributed by atoms with Crippen molar-refractivity contribution in [2.24, 2.45) is 0 Å². The van der Waals surface area contributed by atoms with Crippen molar-refractivity contribution in [1.29, 1.82) is 0 Å². The van der Waals surface area contributed by atoms with Gasteiger partial charge in [0.05, 0.1) is 6.61 Å². The molecule has 1 aromatic carbocycles. The van der Waals surface area contributed by atoms with E-state index in [1.807, 2.05) is 13.8 Å². The number of nitrogens with zero attached hydrogens (tertiary/aromatic N) is 1. The largest absolute Gasteiger partial charge is 0.492 e. The molecule has 122 valence electrons. The van der Waals surface area contributed by atoms with E-state index in [0.717, 1.165) is 12.0 Å². The second-order valence-electron chi connectivity index (χ2n) is 4.80. The monoisotopic (exact) mass is 343 g/mol. The first-order valence-corrected chi connectivity index (χ1v) is 8.85. The lowest BCUT2D eigenvalue weighted by Gasteiger charge is -2.21. The van der Waals surface area contributed by atoms with Gasteiger partial charge in [-0.2, -0.15) is 4.31 Å². The third-order valence-corrected chi connectivity index (χ3v) is 5.23. The first-order valence-electron chi connectivity index (χ1n) is 7.03. The molecule has 0 aliphatic carbocycles. The van der Waals surface area contributed by atoms with Crippen molar-refractivity contribution < 1.29 is 13.2 Å². The molecule has 0 unspecified atom stereocenters. The predicted molar refractivity (Wildman–Crippen MR) is 91.1 cm³/mol. The summed E-state index contributed by atoms with van der Waals surface area (Å²) in [5.41, 5.74) is 0.769. The summed E-state index contributed by atoms with van der Waals surface area (Å²) in [5, 5.41) is 0.388. The van der Waals surface area contributed by atoms with Crippen LogP contribution >= 0.6 is 11.6 Å². The van der Waals surface area contributed by atoms with Crippen LogP contribution in [0.5, 0.6) is 5.75 Å². The number of sulfonamides is 1. The normalized spacial score (nSPS) is 11.5. The van der Waals surface area contributed by atoms with Gasteiger partial charge < -0.3 is 4.74 Å². The van der Waals surface area contributed by atoms with Crippen LogP contribution in [0.1, 0.15) is 18.9 Å². The average Bonchev–Trinajstić information content (AvgIpc) is 2.47. The third-order valence-electron chi connectivity index (χ3n) is 2.97. The molecule has 0 aromatic heterocycles. The maximum absolute atomic E-state index is 12.9. The Morgan fingerprint density at radius 3 is 2.36 bits per heavy atom. The van der Waals surface area contributed by atoms with Gasteiger partial charge in [0, 0.05) is 18.1 Å². The van der Waals surface area contributed by atoms with E-state index in [4.69, 9.17) is 16.3 Å². The van der Waals surface area contributed by atoms with Crippen molar-refractivity contribution in [3.63, 3.8) is 0 Å². The molecule has 0 spiro atoms. The van der Waals surface area contributed by atoms with Gasteiger partial charge in [-0.15, -0.1) is 13.2 Å². The Kier molecular flexibility index (Phi) is 7.13. The van der Waals surface area contributed by atoms with Crippen molar-refractivity contribution in [3.05, 3.63) is 48.0 Å². The highest BCUT2D eigenvalue weighted by molar-refractivity contribution is 7.89. The van der Waals surface area contributed by atoms with Crippen LogP contribution in [0.4, 0.5) is 0 Å². The summed E-state index contributed by atoms with van der Waals surface area (Å²) in [7, 11) is -3.74. The van der Waals surface area contributed by atoms with E-state index in [1.165, 1.54) is 22.5 Å². The van der Waals surface area contributed by atoms with Gasteiger partial charge in [0.15, 0.2) is 0 Å². The summed E-state index contributed by atoms with van der Waals surface area (Å²) in [4.78, 5) is 0.0697. The summed E-state index contributed by atoms with van der Waals surface area (Å²) >= 11 is 6.11. The van der Waals surface area contributed by atoms with E-state index in [0.29, 0.717) is 17.4 Å². The smallest absolute Gasteiger partial charge is 0.247 e. The Morgan fingerprint density at radius 1 is 1.27 bits per heavy atom. The van der Waals surface area contributed by atoms with E-state index in [2.05, 4.69) is 13.2 Å². The van der Waals surface area contributed by atoms with Crippen LogP contribution in [0.3, 0.4) is 0 Å². The summed E-state index contributed by atoms with van der Waals surface area (Å²) in [6.07, 6.45) is 3.84. The molecule has 0 radical (unpaired) electrons. The van der Waals surface area contributed by atoms with Crippen LogP contribution in [0.25, 0.3) is 0 Å². The van der Waals surface area contributed by atoms with Crippen LogP contribution in [0.15, 0.2) is 42.3 Å². The van der Waals surface area contributed by atoms with Gasteiger partial charge in [-0.1, -0.05) is 30.7 Å². The highest BCUT2D eigenvalue weighted by Crippen LogP contribution is 2.32. The van der Waals surface area contributed by atoms with Crippen LogP contribution in [0, 0.1) is 6.92 Å². The van der Waals surface area contributed by atoms with Crippen LogP contribution in [-0.4, -0.2) is 32.4 Å². The summed E-state index contributed by atoms with van der Waals surface area (Å²) in [5.74, 6) is 0.321. The molecule has 1 aromatic rings. The fraction of sp³-hybridized carbons (Fsp3) is 0.375. The minimum absolute atomic E-state index is 0.0697. The number of ether oxygens (including phenoxy) is 1. The maximum Gasteiger partial charge on any atom is 0.247 e. The Bertz CT molecular complexity index is 631. The number of halogens is 1. The molecule has 0 aliphatic heterocycles. The van der Waals surface area contributed by atoms with E-state index in [1.54, 1.807) is 6.07 Å². The minimum Gasteiger partial charge on any atom is -0.492 e. The van der Waals surface area contributed by atoms with Gasteiger partial charge in [-0.25, -0.2) is 8.42 Å². The summed E-state index contributed by atoms with van der Waals surface area (Å²) in [6.45, 7) is 11.8. The van der Waals surface area contributed by atoms with Crippen molar-refractivity contribution in [3.8, 4) is 5.75 Å². The number of hydrogen-bond acceptors (Lipinski definition) is 3. The van der Waals surface area contributed by atoms with E-state index in [9.17, 15) is 8.42 Å². The topological polar surface area (TPSA) is 46.6 Å². The molecule has 0 atom stereocenters. The first kappa shape index (κ1) is 18.7. The highest BCUT2D eigenvalue weighted by atomic mass is 35.5. The fourth-order valence-corrected chi connectivity index (χ4v) is 3.61. The lowest BCUT2D eigenvalue weighted by atomic mass is 10.2. The Balaban J connectivity index is 3.39. The number of hydrogen-bond donors (Lipinski definition) is 0. The zero-order valence-corrected chi connectivity index (χ0v) is 14.6. The molecule has 4 nitrogen and oxygen atoms in total. The van der Waals surface area contributed by atoms with Gasteiger partial charge in [0.25, 0.3) is 0 Å². The Labute approximate surface area is 138 Å². The lowest BCUT2D eigenvalue weighted by molar-refractivity contribution is 0.308. The van der Waals surface area contributed by atoms with E-state index >= 15 is 0 Å². The van der Waals surface area contributed by atoms with Gasteiger partial charge in [-0.3, -0.25) is 0 Å².